The Labute approximate surface area is 144 Å². The zero-order valence-corrected chi connectivity index (χ0v) is 14.1. The average molecular weight is 342 g/mol. The van der Waals surface area contributed by atoms with Gasteiger partial charge in [0.05, 0.1) is 5.69 Å². The van der Waals surface area contributed by atoms with Crippen LogP contribution in [0.3, 0.4) is 0 Å². The third-order valence-corrected chi connectivity index (χ3v) is 4.27. The molecule has 0 radical (unpaired) electrons. The number of carbonyl (C=O) groups is 1. The van der Waals surface area contributed by atoms with E-state index in [1.807, 2.05) is 48.8 Å². The number of aromatic nitrogens is 3. The van der Waals surface area contributed by atoms with Gasteiger partial charge in [-0.3, -0.25) is 4.79 Å². The molecule has 0 aliphatic carbocycles. The van der Waals surface area contributed by atoms with Crippen LogP contribution >= 0.6 is 11.3 Å². The van der Waals surface area contributed by atoms with Crippen LogP contribution in [0, 0.1) is 6.92 Å². The number of thiazole rings is 1. The third-order valence-electron chi connectivity index (χ3n) is 3.40. The highest BCUT2D eigenvalue weighted by Gasteiger charge is 2.07. The number of para-hydroxylation sites is 1. The summed E-state index contributed by atoms with van der Waals surface area (Å²) < 4.78 is 7.24. The Balaban J connectivity index is 1.41. The lowest BCUT2D eigenvalue weighted by Gasteiger charge is -2.08. The molecule has 7 heteroatoms. The number of aryl methyl sites for hydroxylation is 1. The fraction of sp³-hybridized carbons (Fsp3) is 0.235. The van der Waals surface area contributed by atoms with Crippen LogP contribution in [0.5, 0.6) is 5.75 Å². The van der Waals surface area contributed by atoms with Gasteiger partial charge in [0.15, 0.2) is 6.61 Å². The first kappa shape index (κ1) is 16.2. The van der Waals surface area contributed by atoms with Crippen molar-refractivity contribution in [2.75, 3.05) is 13.2 Å². The molecule has 2 heterocycles. The van der Waals surface area contributed by atoms with Crippen LogP contribution in [0.4, 0.5) is 0 Å². The highest BCUT2D eigenvalue weighted by molar-refractivity contribution is 7.12. The van der Waals surface area contributed by atoms with E-state index in [-0.39, 0.29) is 12.5 Å². The minimum Gasteiger partial charge on any atom is -0.484 e. The van der Waals surface area contributed by atoms with E-state index in [1.165, 1.54) is 11.3 Å². The molecular formula is C17H18N4O2S. The van der Waals surface area contributed by atoms with Gasteiger partial charge in [0.2, 0.25) is 5.13 Å². The van der Waals surface area contributed by atoms with Crippen molar-refractivity contribution in [1.82, 2.24) is 20.1 Å². The Morgan fingerprint density at radius 1 is 1.33 bits per heavy atom. The Morgan fingerprint density at radius 3 is 3.00 bits per heavy atom. The second kappa shape index (κ2) is 7.74. The zero-order chi connectivity index (χ0) is 16.8. The van der Waals surface area contributed by atoms with Crippen LogP contribution in [0.1, 0.15) is 11.3 Å². The number of hydrogen-bond donors (Lipinski definition) is 1. The molecule has 3 aromatic rings. The minimum atomic E-state index is -0.138. The SMILES string of the molecule is Cc1ccccc1OCC(=O)NCCc1csc(-n2cccn2)n1. The van der Waals surface area contributed by atoms with Gasteiger partial charge in [0, 0.05) is 30.7 Å². The monoisotopic (exact) mass is 342 g/mol. The van der Waals surface area contributed by atoms with Crippen molar-refractivity contribution < 1.29 is 9.53 Å². The van der Waals surface area contributed by atoms with E-state index >= 15 is 0 Å². The van der Waals surface area contributed by atoms with Crippen molar-refractivity contribution in [2.24, 2.45) is 0 Å². The molecule has 3 rings (SSSR count). The molecular weight excluding hydrogens is 324 g/mol. The van der Waals surface area contributed by atoms with Gasteiger partial charge in [-0.05, 0) is 24.6 Å². The predicted octanol–water partition coefficient (Wildman–Crippen LogP) is 2.37. The summed E-state index contributed by atoms with van der Waals surface area (Å²) in [5.41, 5.74) is 1.95. The lowest BCUT2D eigenvalue weighted by atomic mass is 10.2. The summed E-state index contributed by atoms with van der Waals surface area (Å²) in [7, 11) is 0. The highest BCUT2D eigenvalue weighted by Crippen LogP contribution is 2.16. The van der Waals surface area contributed by atoms with Crippen molar-refractivity contribution in [2.45, 2.75) is 13.3 Å². The molecule has 0 spiro atoms. The van der Waals surface area contributed by atoms with Crippen LogP contribution < -0.4 is 10.1 Å². The van der Waals surface area contributed by atoms with Gasteiger partial charge in [-0.25, -0.2) is 9.67 Å². The van der Waals surface area contributed by atoms with Crippen molar-refractivity contribution in [3.63, 3.8) is 0 Å². The molecule has 0 aliphatic heterocycles. The molecule has 124 valence electrons. The first-order chi connectivity index (χ1) is 11.7. The quantitative estimate of drug-likeness (QED) is 0.716. The van der Waals surface area contributed by atoms with E-state index in [0.717, 1.165) is 22.1 Å². The van der Waals surface area contributed by atoms with E-state index in [0.29, 0.717) is 13.0 Å². The largest absolute Gasteiger partial charge is 0.484 e. The number of nitrogens with zero attached hydrogens (tertiary/aromatic N) is 3. The fourth-order valence-corrected chi connectivity index (χ4v) is 2.94. The summed E-state index contributed by atoms with van der Waals surface area (Å²) in [6, 6.07) is 9.49. The molecule has 1 amide bonds. The Bertz CT molecular complexity index is 799. The van der Waals surface area contributed by atoms with E-state index < -0.39 is 0 Å². The maximum atomic E-state index is 11.8. The molecule has 0 saturated carbocycles. The van der Waals surface area contributed by atoms with Gasteiger partial charge in [-0.2, -0.15) is 5.10 Å². The number of ether oxygens (including phenoxy) is 1. The molecule has 0 fully saturated rings. The van der Waals surface area contributed by atoms with Crippen molar-refractivity contribution >= 4 is 17.2 Å². The summed E-state index contributed by atoms with van der Waals surface area (Å²) in [4.78, 5) is 16.3. The van der Waals surface area contributed by atoms with Crippen LogP contribution in [0.25, 0.3) is 5.13 Å². The Morgan fingerprint density at radius 2 is 2.21 bits per heavy atom. The molecule has 0 aliphatic rings. The molecule has 0 unspecified atom stereocenters. The van der Waals surface area contributed by atoms with Gasteiger partial charge in [0.1, 0.15) is 5.75 Å². The number of nitrogens with one attached hydrogen (secondary N) is 1. The van der Waals surface area contributed by atoms with Crippen LogP contribution in [0.15, 0.2) is 48.1 Å². The number of hydrogen-bond acceptors (Lipinski definition) is 5. The number of carbonyl (C=O) groups excluding carboxylic acids is 1. The third kappa shape index (κ3) is 4.20. The first-order valence-corrected chi connectivity index (χ1v) is 8.50. The smallest absolute Gasteiger partial charge is 0.257 e. The zero-order valence-electron chi connectivity index (χ0n) is 13.3. The standard InChI is InChI=1S/C17H18N4O2S/c1-13-5-2-3-6-15(13)23-11-16(22)18-9-7-14-12-24-17(20-14)21-10-4-8-19-21/h2-6,8,10,12H,7,9,11H2,1H3,(H,18,22). The second-order valence-electron chi connectivity index (χ2n) is 5.23. The molecule has 0 saturated heterocycles. The number of rotatable bonds is 7. The van der Waals surface area contributed by atoms with Gasteiger partial charge in [-0.1, -0.05) is 18.2 Å². The molecule has 1 N–H and O–H groups in total. The topological polar surface area (TPSA) is 69.0 Å². The molecule has 6 nitrogen and oxygen atoms in total. The van der Waals surface area contributed by atoms with Gasteiger partial charge < -0.3 is 10.1 Å². The van der Waals surface area contributed by atoms with E-state index in [4.69, 9.17) is 4.74 Å². The maximum Gasteiger partial charge on any atom is 0.257 e. The van der Waals surface area contributed by atoms with Gasteiger partial charge in [0.25, 0.3) is 5.91 Å². The van der Waals surface area contributed by atoms with Crippen LogP contribution in [-0.2, 0) is 11.2 Å². The molecule has 0 atom stereocenters. The van der Waals surface area contributed by atoms with E-state index in [9.17, 15) is 4.79 Å². The second-order valence-corrected chi connectivity index (χ2v) is 6.06. The fourth-order valence-electron chi connectivity index (χ4n) is 2.14. The van der Waals surface area contributed by atoms with E-state index in [1.54, 1.807) is 10.9 Å². The lowest BCUT2D eigenvalue weighted by Crippen LogP contribution is -2.30. The minimum absolute atomic E-state index is 0.0143. The van der Waals surface area contributed by atoms with Crippen LogP contribution in [0.2, 0.25) is 0 Å². The first-order valence-electron chi connectivity index (χ1n) is 7.62. The van der Waals surface area contributed by atoms with Crippen molar-refractivity contribution in [3.05, 3.63) is 59.4 Å². The Kier molecular flexibility index (Phi) is 5.22. The molecule has 24 heavy (non-hydrogen) atoms. The Hall–Kier alpha value is -2.67. The molecule has 1 aromatic carbocycles. The maximum absolute atomic E-state index is 11.8. The van der Waals surface area contributed by atoms with Crippen molar-refractivity contribution in [1.29, 1.82) is 0 Å². The average Bonchev–Trinajstić information content (AvgIpc) is 3.25. The number of amides is 1. The summed E-state index contributed by atoms with van der Waals surface area (Å²) in [6.45, 7) is 2.49. The summed E-state index contributed by atoms with van der Waals surface area (Å²) in [5.74, 6) is 0.594. The van der Waals surface area contributed by atoms with Crippen molar-refractivity contribution in [3.8, 4) is 10.9 Å². The molecule has 2 aromatic heterocycles. The van der Waals surface area contributed by atoms with E-state index in [2.05, 4.69) is 15.4 Å². The summed E-state index contributed by atoms with van der Waals surface area (Å²) >= 11 is 1.53. The summed E-state index contributed by atoms with van der Waals surface area (Å²) in [5, 5.41) is 9.79. The molecule has 0 bridgehead atoms. The normalized spacial score (nSPS) is 10.5. The predicted molar refractivity (Wildman–Crippen MR) is 92.6 cm³/mol. The van der Waals surface area contributed by atoms with Gasteiger partial charge in [-0.15, -0.1) is 11.3 Å². The number of benzene rings is 1. The highest BCUT2D eigenvalue weighted by atomic mass is 32.1. The van der Waals surface area contributed by atoms with Crippen LogP contribution in [-0.4, -0.2) is 33.8 Å². The summed E-state index contributed by atoms with van der Waals surface area (Å²) in [6.07, 6.45) is 4.25. The van der Waals surface area contributed by atoms with Gasteiger partial charge >= 0.3 is 0 Å². The lowest BCUT2D eigenvalue weighted by molar-refractivity contribution is -0.123.